The van der Waals surface area contributed by atoms with Gasteiger partial charge in [-0.05, 0) is 36.5 Å². The van der Waals surface area contributed by atoms with Crippen LogP contribution < -0.4 is 10.1 Å². The minimum Gasteiger partial charge on any atom is -0.496 e. The van der Waals surface area contributed by atoms with Crippen molar-refractivity contribution in [2.45, 2.75) is 19.4 Å². The zero-order valence-corrected chi connectivity index (χ0v) is 18.8. The highest BCUT2D eigenvalue weighted by Gasteiger charge is 2.21. The molecule has 7 nitrogen and oxygen atoms in total. The van der Waals surface area contributed by atoms with E-state index in [1.165, 1.54) is 27.1 Å². The molecule has 0 spiro atoms. The summed E-state index contributed by atoms with van der Waals surface area (Å²) in [6.07, 6.45) is 2.61. The molecular weight excluding hydrogens is 461 g/mol. The molecule has 1 fully saturated rings. The van der Waals surface area contributed by atoms with Gasteiger partial charge in [0.1, 0.15) is 11.3 Å². The lowest BCUT2D eigenvalue weighted by molar-refractivity contribution is 0.0597. The van der Waals surface area contributed by atoms with E-state index in [9.17, 15) is 4.79 Å². The monoisotopic (exact) mass is 491 g/mol. The Morgan fingerprint density at radius 3 is 2.67 bits per heavy atom. The minimum atomic E-state index is -0.414. The number of carbonyl (C=O) groups is 1. The van der Waals surface area contributed by atoms with Crippen LogP contribution in [0.3, 0.4) is 0 Å². The van der Waals surface area contributed by atoms with Gasteiger partial charge in [-0.3, -0.25) is 4.99 Å². The lowest BCUT2D eigenvalue weighted by atomic mass is 10.1. The predicted molar refractivity (Wildman–Crippen MR) is 116 cm³/mol. The van der Waals surface area contributed by atoms with Gasteiger partial charge in [0.15, 0.2) is 5.96 Å². The van der Waals surface area contributed by atoms with Gasteiger partial charge in [-0.2, -0.15) is 0 Å². The van der Waals surface area contributed by atoms with E-state index in [0.717, 1.165) is 30.6 Å². The summed E-state index contributed by atoms with van der Waals surface area (Å²) >= 11 is 0. The highest BCUT2D eigenvalue weighted by Crippen LogP contribution is 2.28. The van der Waals surface area contributed by atoms with E-state index in [2.05, 4.69) is 10.3 Å². The maximum Gasteiger partial charge on any atom is 0.341 e. The molecule has 0 aliphatic heterocycles. The number of ether oxygens (including phenoxy) is 3. The van der Waals surface area contributed by atoms with Crippen molar-refractivity contribution < 1.29 is 19.0 Å². The maximum absolute atomic E-state index is 11.7. The third kappa shape index (κ3) is 7.53. The molecule has 27 heavy (non-hydrogen) atoms. The first-order chi connectivity index (χ1) is 12.6. The van der Waals surface area contributed by atoms with Crippen LogP contribution in [0.25, 0.3) is 0 Å². The second-order valence-electron chi connectivity index (χ2n) is 6.37. The fourth-order valence-electron chi connectivity index (χ4n) is 2.53. The number of halogens is 1. The summed E-state index contributed by atoms with van der Waals surface area (Å²) in [7, 11) is 6.63. The van der Waals surface area contributed by atoms with E-state index in [1.807, 2.05) is 24.1 Å². The summed E-state index contributed by atoms with van der Waals surface area (Å²) in [6.45, 7) is 2.90. The van der Waals surface area contributed by atoms with Gasteiger partial charge in [0.2, 0.25) is 0 Å². The van der Waals surface area contributed by atoms with Crippen molar-refractivity contribution in [1.82, 2.24) is 10.2 Å². The average molecular weight is 491 g/mol. The fourth-order valence-corrected chi connectivity index (χ4v) is 2.53. The molecular formula is C19H30IN3O4. The van der Waals surface area contributed by atoms with Crippen molar-refractivity contribution in [1.29, 1.82) is 0 Å². The highest BCUT2D eigenvalue weighted by molar-refractivity contribution is 14.0. The molecule has 0 saturated heterocycles. The molecule has 1 aromatic rings. The van der Waals surface area contributed by atoms with Crippen LogP contribution in [0, 0.1) is 5.92 Å². The standard InChI is InChI=1S/C19H29N3O4.HI/c1-20-19(22(2)9-10-26-13-14-5-6-14)21-12-15-7-8-16(18(23)25-4)17(11-15)24-3;/h7-8,11,14H,5-6,9-10,12-13H2,1-4H3,(H,20,21);1H. The molecule has 0 bridgehead atoms. The number of likely N-dealkylation sites (N-methyl/N-ethyl adjacent to an activating group) is 1. The SMILES string of the molecule is CN=C(NCc1ccc(C(=O)OC)c(OC)c1)N(C)CCOCC1CC1.I. The van der Waals surface area contributed by atoms with Crippen LogP contribution in [-0.2, 0) is 16.0 Å². The predicted octanol–water partition coefficient (Wildman–Crippen LogP) is 2.53. The molecule has 0 radical (unpaired) electrons. The van der Waals surface area contributed by atoms with E-state index in [1.54, 1.807) is 13.1 Å². The van der Waals surface area contributed by atoms with Crippen molar-refractivity contribution in [2.75, 3.05) is 48.1 Å². The molecule has 1 aliphatic rings. The van der Waals surface area contributed by atoms with E-state index in [0.29, 0.717) is 24.5 Å². The maximum atomic E-state index is 11.7. The first kappa shape index (κ1) is 23.5. The van der Waals surface area contributed by atoms with Crippen LogP contribution in [0.2, 0.25) is 0 Å². The smallest absolute Gasteiger partial charge is 0.341 e. The Labute approximate surface area is 178 Å². The molecule has 152 valence electrons. The second-order valence-corrected chi connectivity index (χ2v) is 6.37. The number of carbonyl (C=O) groups excluding carboxylic acids is 1. The van der Waals surface area contributed by atoms with Crippen LogP contribution >= 0.6 is 24.0 Å². The third-order valence-corrected chi connectivity index (χ3v) is 4.32. The van der Waals surface area contributed by atoms with Crippen molar-refractivity contribution in [2.24, 2.45) is 10.9 Å². The lowest BCUT2D eigenvalue weighted by Crippen LogP contribution is -2.40. The molecule has 1 aromatic carbocycles. The summed E-state index contributed by atoms with van der Waals surface area (Å²) in [6, 6.07) is 5.40. The summed E-state index contributed by atoms with van der Waals surface area (Å²) in [5.41, 5.74) is 1.39. The Balaban J connectivity index is 0.00000364. The van der Waals surface area contributed by atoms with Crippen molar-refractivity contribution in [3.8, 4) is 5.75 Å². The molecule has 1 aliphatic carbocycles. The van der Waals surface area contributed by atoms with E-state index in [-0.39, 0.29) is 24.0 Å². The summed E-state index contributed by atoms with van der Waals surface area (Å²) in [5, 5.41) is 3.31. The number of hydrogen-bond acceptors (Lipinski definition) is 5. The Bertz CT molecular complexity index is 635. The van der Waals surface area contributed by atoms with E-state index < -0.39 is 5.97 Å². The van der Waals surface area contributed by atoms with Gasteiger partial charge in [-0.1, -0.05) is 6.07 Å². The number of guanidine groups is 1. The molecule has 0 unspecified atom stereocenters. The topological polar surface area (TPSA) is 72.4 Å². The number of hydrogen-bond donors (Lipinski definition) is 1. The van der Waals surface area contributed by atoms with Crippen LogP contribution in [0.1, 0.15) is 28.8 Å². The number of nitrogens with zero attached hydrogens (tertiary/aromatic N) is 2. The summed E-state index contributed by atoms with van der Waals surface area (Å²) < 4.78 is 15.7. The van der Waals surface area contributed by atoms with E-state index in [4.69, 9.17) is 14.2 Å². The first-order valence-electron chi connectivity index (χ1n) is 8.83. The van der Waals surface area contributed by atoms with Crippen LogP contribution in [0.4, 0.5) is 0 Å². The van der Waals surface area contributed by atoms with Crippen LogP contribution in [0.15, 0.2) is 23.2 Å². The highest BCUT2D eigenvalue weighted by atomic mass is 127. The zero-order valence-electron chi connectivity index (χ0n) is 16.5. The van der Waals surface area contributed by atoms with Crippen LogP contribution in [-0.4, -0.2) is 64.9 Å². The van der Waals surface area contributed by atoms with Gasteiger partial charge >= 0.3 is 5.97 Å². The van der Waals surface area contributed by atoms with E-state index >= 15 is 0 Å². The molecule has 0 amide bonds. The quantitative estimate of drug-likeness (QED) is 0.188. The van der Waals surface area contributed by atoms with Crippen molar-refractivity contribution in [3.63, 3.8) is 0 Å². The number of aliphatic imine (C=N–C) groups is 1. The molecule has 0 aromatic heterocycles. The number of methoxy groups -OCH3 is 2. The third-order valence-electron chi connectivity index (χ3n) is 4.32. The molecule has 0 atom stereocenters. The minimum absolute atomic E-state index is 0. The Hall–Kier alpha value is -1.55. The van der Waals surface area contributed by atoms with Gasteiger partial charge in [-0.15, -0.1) is 24.0 Å². The fraction of sp³-hybridized carbons (Fsp3) is 0.579. The Kier molecular flexibility index (Phi) is 10.5. The summed E-state index contributed by atoms with van der Waals surface area (Å²) in [4.78, 5) is 18.1. The van der Waals surface area contributed by atoms with Gasteiger partial charge < -0.3 is 24.4 Å². The molecule has 1 saturated carbocycles. The Morgan fingerprint density at radius 2 is 2.07 bits per heavy atom. The molecule has 0 heterocycles. The number of nitrogens with one attached hydrogen (secondary N) is 1. The second kappa shape index (κ2) is 12.0. The van der Waals surface area contributed by atoms with Gasteiger partial charge in [0, 0.05) is 33.8 Å². The van der Waals surface area contributed by atoms with Crippen molar-refractivity contribution >= 4 is 35.9 Å². The molecule has 1 N–H and O–H groups in total. The number of rotatable bonds is 9. The van der Waals surface area contributed by atoms with Gasteiger partial charge in [0.25, 0.3) is 0 Å². The normalized spacial score (nSPS) is 13.6. The lowest BCUT2D eigenvalue weighted by Gasteiger charge is -2.22. The Morgan fingerprint density at radius 1 is 1.33 bits per heavy atom. The van der Waals surface area contributed by atoms with Gasteiger partial charge in [-0.25, -0.2) is 4.79 Å². The average Bonchev–Trinajstić information content (AvgIpc) is 3.49. The largest absolute Gasteiger partial charge is 0.496 e. The molecule has 8 heteroatoms. The van der Waals surface area contributed by atoms with Gasteiger partial charge in [0.05, 0.1) is 20.8 Å². The zero-order chi connectivity index (χ0) is 18.9. The number of benzene rings is 1. The van der Waals surface area contributed by atoms with Crippen LogP contribution in [0.5, 0.6) is 5.75 Å². The molecule has 2 rings (SSSR count). The van der Waals surface area contributed by atoms with Crippen molar-refractivity contribution in [3.05, 3.63) is 29.3 Å². The first-order valence-corrected chi connectivity index (χ1v) is 8.83. The number of esters is 1. The summed E-state index contributed by atoms with van der Waals surface area (Å²) in [5.74, 6) is 1.65.